The highest BCUT2D eigenvalue weighted by molar-refractivity contribution is 5.91. The first-order valence-electron chi connectivity index (χ1n) is 6.08. The molecule has 0 radical (unpaired) electrons. The second kappa shape index (κ2) is 8.10. The highest BCUT2D eigenvalue weighted by atomic mass is 16.5. The molecule has 0 aliphatic rings. The zero-order valence-electron chi connectivity index (χ0n) is 10.9. The number of oxime groups is 1. The number of ether oxygens (including phenoxy) is 1. The van der Waals surface area contributed by atoms with Crippen molar-refractivity contribution >= 4 is 17.4 Å². The molecule has 1 aromatic carbocycles. The number of nitrogens with zero attached hydrogens (tertiary/aromatic N) is 1. The second-order valence-electron chi connectivity index (χ2n) is 4.07. The lowest BCUT2D eigenvalue weighted by Gasteiger charge is -2.06. The molecule has 0 saturated heterocycles. The molecule has 0 atom stereocenters. The van der Waals surface area contributed by atoms with Gasteiger partial charge in [0.25, 0.3) is 0 Å². The topological polar surface area (TPSA) is 96.9 Å². The molecular weight excluding hydrogens is 246 g/mol. The molecule has 0 saturated carbocycles. The SMILES string of the molecule is CCCOCC(=O)Nc1ccc(C/C(N)=N/O)cc1. The summed E-state index contributed by atoms with van der Waals surface area (Å²) >= 11 is 0. The van der Waals surface area contributed by atoms with Crippen molar-refractivity contribution in [2.45, 2.75) is 19.8 Å². The molecule has 0 fully saturated rings. The van der Waals surface area contributed by atoms with E-state index < -0.39 is 0 Å². The Morgan fingerprint density at radius 1 is 1.42 bits per heavy atom. The van der Waals surface area contributed by atoms with Crippen LogP contribution in [0, 0.1) is 0 Å². The van der Waals surface area contributed by atoms with Crippen LogP contribution < -0.4 is 11.1 Å². The van der Waals surface area contributed by atoms with Gasteiger partial charge < -0.3 is 21.0 Å². The Hall–Kier alpha value is -2.08. The van der Waals surface area contributed by atoms with Gasteiger partial charge in [0.2, 0.25) is 5.91 Å². The minimum absolute atomic E-state index is 0.0553. The fourth-order valence-corrected chi connectivity index (χ4v) is 1.46. The summed E-state index contributed by atoms with van der Waals surface area (Å²) in [7, 11) is 0. The summed E-state index contributed by atoms with van der Waals surface area (Å²) in [6, 6.07) is 7.14. The van der Waals surface area contributed by atoms with E-state index >= 15 is 0 Å². The van der Waals surface area contributed by atoms with Crippen LogP contribution in [0.4, 0.5) is 5.69 Å². The molecule has 0 unspecified atom stereocenters. The normalized spacial score (nSPS) is 11.3. The molecule has 1 aromatic rings. The summed E-state index contributed by atoms with van der Waals surface area (Å²) in [5, 5.41) is 14.1. The average molecular weight is 265 g/mol. The molecule has 6 heteroatoms. The van der Waals surface area contributed by atoms with Gasteiger partial charge in [0, 0.05) is 18.7 Å². The van der Waals surface area contributed by atoms with Gasteiger partial charge in [0.1, 0.15) is 12.4 Å². The highest BCUT2D eigenvalue weighted by Crippen LogP contribution is 2.10. The lowest BCUT2D eigenvalue weighted by atomic mass is 10.1. The maximum Gasteiger partial charge on any atom is 0.250 e. The molecule has 6 nitrogen and oxygen atoms in total. The number of benzene rings is 1. The molecule has 0 aliphatic carbocycles. The number of anilines is 1. The summed E-state index contributed by atoms with van der Waals surface area (Å²) in [5.41, 5.74) is 6.99. The zero-order chi connectivity index (χ0) is 14.1. The lowest BCUT2D eigenvalue weighted by molar-refractivity contribution is -0.120. The Kier molecular flexibility index (Phi) is 6.38. The predicted molar refractivity (Wildman–Crippen MR) is 73.3 cm³/mol. The van der Waals surface area contributed by atoms with E-state index in [-0.39, 0.29) is 18.3 Å². The third-order valence-electron chi connectivity index (χ3n) is 2.33. The van der Waals surface area contributed by atoms with Crippen LogP contribution in [0.3, 0.4) is 0 Å². The van der Waals surface area contributed by atoms with E-state index in [1.54, 1.807) is 24.3 Å². The van der Waals surface area contributed by atoms with Crippen LogP contribution in [-0.2, 0) is 16.0 Å². The molecule has 104 valence electrons. The Morgan fingerprint density at radius 2 is 2.11 bits per heavy atom. The number of amides is 1. The smallest absolute Gasteiger partial charge is 0.250 e. The summed E-state index contributed by atoms with van der Waals surface area (Å²) in [6.45, 7) is 2.61. The van der Waals surface area contributed by atoms with Gasteiger partial charge in [-0.1, -0.05) is 24.2 Å². The lowest BCUT2D eigenvalue weighted by Crippen LogP contribution is -2.18. The van der Waals surface area contributed by atoms with Gasteiger partial charge >= 0.3 is 0 Å². The first kappa shape index (κ1) is 15.0. The first-order chi connectivity index (χ1) is 9.15. The average Bonchev–Trinajstić information content (AvgIpc) is 2.41. The van der Waals surface area contributed by atoms with E-state index in [0.29, 0.717) is 18.7 Å². The minimum Gasteiger partial charge on any atom is -0.409 e. The number of hydrogen-bond acceptors (Lipinski definition) is 4. The fourth-order valence-electron chi connectivity index (χ4n) is 1.46. The number of hydrogen-bond donors (Lipinski definition) is 3. The van der Waals surface area contributed by atoms with Crippen LogP contribution in [0.15, 0.2) is 29.4 Å². The predicted octanol–water partition coefficient (Wildman–Crippen LogP) is 1.34. The quantitative estimate of drug-likeness (QED) is 0.228. The van der Waals surface area contributed by atoms with Gasteiger partial charge in [-0.2, -0.15) is 0 Å². The van der Waals surface area contributed by atoms with Crippen molar-refractivity contribution in [2.75, 3.05) is 18.5 Å². The van der Waals surface area contributed by atoms with E-state index in [1.807, 2.05) is 6.92 Å². The number of rotatable bonds is 7. The van der Waals surface area contributed by atoms with E-state index in [9.17, 15) is 4.79 Å². The molecule has 0 aliphatic heterocycles. The Bertz CT molecular complexity index is 429. The molecule has 4 N–H and O–H groups in total. The third kappa shape index (κ3) is 5.87. The number of carbonyl (C=O) groups excluding carboxylic acids is 1. The molecule has 19 heavy (non-hydrogen) atoms. The van der Waals surface area contributed by atoms with Gasteiger partial charge in [0.05, 0.1) is 0 Å². The summed E-state index contributed by atoms with van der Waals surface area (Å²) in [5.74, 6) is -0.0395. The molecule has 1 amide bonds. The van der Waals surface area contributed by atoms with Crippen molar-refractivity contribution in [1.82, 2.24) is 0 Å². The molecule has 0 heterocycles. The Morgan fingerprint density at radius 3 is 2.68 bits per heavy atom. The monoisotopic (exact) mass is 265 g/mol. The first-order valence-corrected chi connectivity index (χ1v) is 6.08. The van der Waals surface area contributed by atoms with E-state index in [2.05, 4.69) is 10.5 Å². The maximum absolute atomic E-state index is 11.5. The molecule has 0 aromatic heterocycles. The van der Waals surface area contributed by atoms with Crippen molar-refractivity contribution in [3.8, 4) is 0 Å². The standard InChI is InChI=1S/C13H19N3O3/c1-2-7-19-9-13(17)15-11-5-3-10(4-6-11)8-12(14)16-18/h3-6,18H,2,7-9H2,1H3,(H2,14,16)(H,15,17). The van der Waals surface area contributed by atoms with Crippen molar-refractivity contribution < 1.29 is 14.7 Å². The van der Waals surface area contributed by atoms with Crippen LogP contribution in [0.25, 0.3) is 0 Å². The maximum atomic E-state index is 11.5. The third-order valence-corrected chi connectivity index (χ3v) is 2.33. The molecular formula is C13H19N3O3. The Labute approximate surface area is 112 Å². The number of carbonyl (C=O) groups is 1. The van der Waals surface area contributed by atoms with E-state index in [0.717, 1.165) is 12.0 Å². The van der Waals surface area contributed by atoms with Crippen molar-refractivity contribution in [1.29, 1.82) is 0 Å². The largest absolute Gasteiger partial charge is 0.409 e. The van der Waals surface area contributed by atoms with E-state index in [4.69, 9.17) is 15.7 Å². The van der Waals surface area contributed by atoms with Crippen LogP contribution >= 0.6 is 0 Å². The van der Waals surface area contributed by atoms with Crippen molar-refractivity contribution in [3.63, 3.8) is 0 Å². The van der Waals surface area contributed by atoms with Gasteiger partial charge in [-0.25, -0.2) is 0 Å². The number of amidine groups is 1. The number of nitrogens with one attached hydrogen (secondary N) is 1. The summed E-state index contributed by atoms with van der Waals surface area (Å²) in [6.07, 6.45) is 1.25. The molecule has 1 rings (SSSR count). The van der Waals surface area contributed by atoms with E-state index in [1.165, 1.54) is 0 Å². The summed E-state index contributed by atoms with van der Waals surface area (Å²) in [4.78, 5) is 11.5. The van der Waals surface area contributed by atoms with Gasteiger partial charge in [-0.15, -0.1) is 0 Å². The van der Waals surface area contributed by atoms with Gasteiger partial charge in [-0.3, -0.25) is 4.79 Å². The second-order valence-corrected chi connectivity index (χ2v) is 4.07. The molecule has 0 spiro atoms. The zero-order valence-corrected chi connectivity index (χ0v) is 10.9. The van der Waals surface area contributed by atoms with Gasteiger partial charge in [-0.05, 0) is 24.1 Å². The molecule has 0 bridgehead atoms. The highest BCUT2D eigenvalue weighted by Gasteiger charge is 2.03. The Balaban J connectivity index is 2.45. The minimum atomic E-state index is -0.183. The number of nitrogens with two attached hydrogens (primary N) is 1. The van der Waals surface area contributed by atoms with Crippen LogP contribution in [0.1, 0.15) is 18.9 Å². The van der Waals surface area contributed by atoms with Crippen molar-refractivity contribution in [3.05, 3.63) is 29.8 Å². The van der Waals surface area contributed by atoms with Crippen molar-refractivity contribution in [2.24, 2.45) is 10.9 Å². The van der Waals surface area contributed by atoms with Crippen LogP contribution in [0.5, 0.6) is 0 Å². The van der Waals surface area contributed by atoms with Crippen LogP contribution in [-0.4, -0.2) is 30.2 Å². The van der Waals surface area contributed by atoms with Gasteiger partial charge in [0.15, 0.2) is 0 Å². The summed E-state index contributed by atoms with van der Waals surface area (Å²) < 4.78 is 5.14. The van der Waals surface area contributed by atoms with Crippen LogP contribution in [0.2, 0.25) is 0 Å². The fraction of sp³-hybridized carbons (Fsp3) is 0.385.